The van der Waals surface area contributed by atoms with E-state index in [1.807, 2.05) is 0 Å². The van der Waals surface area contributed by atoms with E-state index in [2.05, 4.69) is 33.7 Å². The zero-order chi connectivity index (χ0) is 15.7. The fourth-order valence-electron chi connectivity index (χ4n) is 1.73. The van der Waals surface area contributed by atoms with Gasteiger partial charge in [-0.1, -0.05) is 24.3 Å². The van der Waals surface area contributed by atoms with Crippen LogP contribution in [0.4, 0.5) is 0 Å². The molecule has 0 aromatic heterocycles. The molecule has 1 aromatic carbocycles. The molecule has 0 bridgehead atoms. The molecule has 0 spiro atoms. The monoisotopic (exact) mass is 294 g/mol. The first-order valence-electron chi connectivity index (χ1n) is 7.12. The number of benzene rings is 1. The normalized spacial score (nSPS) is 11.0. The number of aliphatic hydroxyl groups is 1. The van der Waals surface area contributed by atoms with Gasteiger partial charge >= 0.3 is 11.9 Å². The van der Waals surface area contributed by atoms with Crippen molar-refractivity contribution in [3.63, 3.8) is 0 Å². The third-order valence-corrected chi connectivity index (χ3v) is 2.79. The highest BCUT2D eigenvalue weighted by Crippen LogP contribution is 2.25. The Kier molecular flexibility index (Phi) is 7.46. The van der Waals surface area contributed by atoms with E-state index >= 15 is 0 Å². The minimum absolute atomic E-state index is 0.174. The van der Waals surface area contributed by atoms with Gasteiger partial charge in [0, 0.05) is 0 Å². The highest BCUT2D eigenvalue weighted by molar-refractivity contribution is 5.73. The number of carbonyl (C=O) groups is 2. The lowest BCUT2D eigenvalue weighted by molar-refractivity contribution is -0.148. The Morgan fingerprint density at radius 3 is 1.81 bits per heavy atom. The Labute approximate surface area is 124 Å². The molecule has 5 nitrogen and oxygen atoms in total. The van der Waals surface area contributed by atoms with Crippen molar-refractivity contribution < 1.29 is 24.2 Å². The van der Waals surface area contributed by atoms with E-state index in [4.69, 9.17) is 0 Å². The summed E-state index contributed by atoms with van der Waals surface area (Å²) in [5.74, 6) is -1.02. The van der Waals surface area contributed by atoms with Gasteiger partial charge in [-0.15, -0.1) is 0 Å². The Morgan fingerprint density at radius 1 is 1.05 bits per heavy atom. The number of aliphatic hydroxyl groups excluding tert-OH is 1. The van der Waals surface area contributed by atoms with Crippen molar-refractivity contribution in [2.24, 2.45) is 0 Å². The number of ether oxygens (including phenoxy) is 2. The number of esters is 2. The van der Waals surface area contributed by atoms with Crippen molar-refractivity contribution >= 4 is 11.9 Å². The number of hydrogen-bond donors (Lipinski definition) is 1. The molecule has 0 aliphatic heterocycles. The van der Waals surface area contributed by atoms with E-state index in [-0.39, 0.29) is 26.1 Å². The summed E-state index contributed by atoms with van der Waals surface area (Å²) in [6.45, 7) is 3.89. The van der Waals surface area contributed by atoms with E-state index in [0.717, 1.165) is 0 Å². The Morgan fingerprint density at radius 2 is 1.48 bits per heavy atom. The first-order valence-corrected chi connectivity index (χ1v) is 7.12. The molecular formula is C16H22O5. The van der Waals surface area contributed by atoms with Gasteiger partial charge in [-0.3, -0.25) is 9.59 Å². The van der Waals surface area contributed by atoms with Gasteiger partial charge < -0.3 is 14.6 Å². The molecule has 0 heterocycles. The summed E-state index contributed by atoms with van der Waals surface area (Å²) in [6, 6.07) is 8.53. The van der Waals surface area contributed by atoms with Crippen LogP contribution in [0.5, 0.6) is 0 Å². The van der Waals surface area contributed by atoms with Gasteiger partial charge in [0.15, 0.2) is 0 Å². The number of hydrogen-bond acceptors (Lipinski definition) is 5. The van der Waals surface area contributed by atoms with Gasteiger partial charge in [-0.05, 0) is 31.4 Å². The SMILES string of the molecule is CCOC(=O)CC(O)CC(=O)OCC.c1ccc2c(c1)C2. The zero-order valence-electron chi connectivity index (χ0n) is 12.5. The average Bonchev–Trinajstić information content (AvgIpc) is 3.18. The number of fused-ring (bicyclic) bond motifs is 1. The Hall–Kier alpha value is -1.88. The zero-order valence-corrected chi connectivity index (χ0v) is 12.5. The Balaban J connectivity index is 0.000000255. The topological polar surface area (TPSA) is 72.8 Å². The molecule has 0 atom stereocenters. The molecule has 1 N–H and O–H groups in total. The second-order valence-electron chi connectivity index (χ2n) is 4.62. The summed E-state index contributed by atoms with van der Waals surface area (Å²) >= 11 is 0. The largest absolute Gasteiger partial charge is 0.466 e. The predicted octanol–water partition coefficient (Wildman–Crippen LogP) is 1.84. The van der Waals surface area contributed by atoms with Crippen molar-refractivity contribution in [3.8, 4) is 0 Å². The van der Waals surface area contributed by atoms with Gasteiger partial charge in [0.25, 0.3) is 0 Å². The molecule has 0 saturated heterocycles. The molecule has 0 amide bonds. The van der Waals surface area contributed by atoms with Crippen LogP contribution in [0.25, 0.3) is 0 Å². The quantitative estimate of drug-likeness (QED) is 0.823. The highest BCUT2D eigenvalue weighted by Gasteiger charge is 2.16. The Bertz CT molecular complexity index is 428. The molecule has 0 saturated carbocycles. The lowest BCUT2D eigenvalue weighted by Gasteiger charge is -2.08. The lowest BCUT2D eigenvalue weighted by atomic mass is 10.2. The summed E-state index contributed by atoms with van der Waals surface area (Å²) in [7, 11) is 0. The molecular weight excluding hydrogens is 272 g/mol. The average molecular weight is 294 g/mol. The van der Waals surface area contributed by atoms with Crippen LogP contribution in [0, 0.1) is 0 Å². The van der Waals surface area contributed by atoms with Gasteiger partial charge in [0.1, 0.15) is 0 Å². The second kappa shape index (κ2) is 9.13. The molecule has 2 rings (SSSR count). The van der Waals surface area contributed by atoms with Crippen molar-refractivity contribution in [1.29, 1.82) is 0 Å². The van der Waals surface area contributed by atoms with E-state index < -0.39 is 18.0 Å². The highest BCUT2D eigenvalue weighted by atomic mass is 16.5. The molecule has 5 heteroatoms. The molecule has 116 valence electrons. The molecule has 1 aromatic rings. The molecule has 1 aliphatic carbocycles. The van der Waals surface area contributed by atoms with Crippen LogP contribution in [-0.2, 0) is 25.5 Å². The summed E-state index contributed by atoms with van der Waals surface area (Å²) < 4.78 is 9.21. The fourth-order valence-corrected chi connectivity index (χ4v) is 1.73. The first kappa shape index (κ1) is 17.2. The van der Waals surface area contributed by atoms with Gasteiger partial charge in [-0.2, -0.15) is 0 Å². The first-order chi connectivity index (χ1) is 10.1. The maximum absolute atomic E-state index is 10.9. The molecule has 0 radical (unpaired) electrons. The van der Waals surface area contributed by atoms with Crippen molar-refractivity contribution in [2.75, 3.05) is 13.2 Å². The van der Waals surface area contributed by atoms with E-state index in [1.54, 1.807) is 13.8 Å². The summed E-state index contributed by atoms with van der Waals surface area (Å²) in [6.07, 6.45) is -0.125. The molecule has 1 aliphatic rings. The van der Waals surface area contributed by atoms with Gasteiger partial charge in [0.2, 0.25) is 0 Å². The molecule has 0 unspecified atom stereocenters. The van der Waals surface area contributed by atoms with Crippen LogP contribution >= 0.6 is 0 Å². The van der Waals surface area contributed by atoms with E-state index in [0.29, 0.717) is 0 Å². The summed E-state index contributed by atoms with van der Waals surface area (Å²) in [4.78, 5) is 21.7. The third kappa shape index (κ3) is 7.46. The van der Waals surface area contributed by atoms with Crippen LogP contribution in [0.2, 0.25) is 0 Å². The second-order valence-corrected chi connectivity index (χ2v) is 4.62. The van der Waals surface area contributed by atoms with Crippen LogP contribution in [-0.4, -0.2) is 36.4 Å². The standard InChI is InChI=1S/C9H16O5.C7H6/c1-3-13-8(11)5-7(10)6-9(12)14-4-2;1-2-4-7-5-6(7)3-1/h7,10H,3-6H2,1-2H3;1-4H,5H2. The van der Waals surface area contributed by atoms with E-state index in [9.17, 15) is 14.7 Å². The third-order valence-electron chi connectivity index (χ3n) is 2.79. The maximum atomic E-state index is 10.9. The van der Waals surface area contributed by atoms with Crippen LogP contribution < -0.4 is 0 Å². The smallest absolute Gasteiger partial charge is 0.308 e. The van der Waals surface area contributed by atoms with Crippen LogP contribution in [0.1, 0.15) is 37.8 Å². The number of carbonyl (C=O) groups excluding carboxylic acids is 2. The minimum Gasteiger partial charge on any atom is -0.466 e. The van der Waals surface area contributed by atoms with Gasteiger partial charge in [0.05, 0.1) is 32.2 Å². The van der Waals surface area contributed by atoms with Gasteiger partial charge in [-0.25, -0.2) is 0 Å². The van der Waals surface area contributed by atoms with Crippen LogP contribution in [0.3, 0.4) is 0 Å². The fraction of sp³-hybridized carbons (Fsp3) is 0.500. The minimum atomic E-state index is -1.02. The lowest BCUT2D eigenvalue weighted by Crippen LogP contribution is -2.20. The predicted molar refractivity (Wildman–Crippen MR) is 77.8 cm³/mol. The van der Waals surface area contributed by atoms with E-state index in [1.165, 1.54) is 17.5 Å². The summed E-state index contributed by atoms with van der Waals surface area (Å²) in [5, 5.41) is 9.24. The molecule has 0 fully saturated rings. The summed E-state index contributed by atoms with van der Waals surface area (Å²) in [5.41, 5.74) is 3.06. The van der Waals surface area contributed by atoms with Crippen molar-refractivity contribution in [3.05, 3.63) is 35.4 Å². The van der Waals surface area contributed by atoms with Crippen LogP contribution in [0.15, 0.2) is 24.3 Å². The molecule has 21 heavy (non-hydrogen) atoms. The number of rotatable bonds is 6. The van der Waals surface area contributed by atoms with Crippen molar-refractivity contribution in [2.45, 2.75) is 39.2 Å². The van der Waals surface area contributed by atoms with Crippen molar-refractivity contribution in [1.82, 2.24) is 0 Å². The maximum Gasteiger partial charge on any atom is 0.308 e.